The quantitative estimate of drug-likeness (QED) is 0.869. The number of nitrogens with zero attached hydrogens (tertiary/aromatic N) is 2. The molecule has 0 bridgehead atoms. The van der Waals surface area contributed by atoms with E-state index >= 15 is 0 Å². The highest BCUT2D eigenvalue weighted by molar-refractivity contribution is 7.92. The monoisotopic (exact) mass is 309 g/mol. The van der Waals surface area contributed by atoms with E-state index in [4.69, 9.17) is 5.11 Å². The first-order chi connectivity index (χ1) is 9.81. The van der Waals surface area contributed by atoms with E-state index in [0.717, 1.165) is 4.68 Å². The van der Waals surface area contributed by atoms with Gasteiger partial charge in [-0.15, -0.1) is 0 Å². The molecule has 2 N–H and O–H groups in total. The summed E-state index contributed by atoms with van der Waals surface area (Å²) in [5.41, 5.74) is 0.984. The molecule has 0 atom stereocenters. The second-order valence-electron chi connectivity index (χ2n) is 4.52. The van der Waals surface area contributed by atoms with Gasteiger partial charge in [0.25, 0.3) is 10.0 Å². The van der Waals surface area contributed by atoms with Gasteiger partial charge in [0.15, 0.2) is 0 Å². The van der Waals surface area contributed by atoms with E-state index in [0.29, 0.717) is 11.4 Å². The molecule has 0 amide bonds. The van der Waals surface area contributed by atoms with Crippen molar-refractivity contribution in [3.63, 3.8) is 0 Å². The van der Waals surface area contributed by atoms with Crippen molar-refractivity contribution < 1.29 is 18.3 Å². The minimum absolute atomic E-state index is 0.00704. The van der Waals surface area contributed by atoms with Crippen LogP contribution in [0.5, 0.6) is 0 Å². The lowest BCUT2D eigenvalue weighted by Gasteiger charge is -2.08. The highest BCUT2D eigenvalue weighted by atomic mass is 32.2. The number of rotatable bonds is 5. The number of carboxylic acids is 1. The van der Waals surface area contributed by atoms with Gasteiger partial charge in [0.05, 0.1) is 11.4 Å². The molecule has 0 aliphatic carbocycles. The summed E-state index contributed by atoms with van der Waals surface area (Å²) in [6.45, 7) is 2.68. The first kappa shape index (κ1) is 15.0. The van der Waals surface area contributed by atoms with Gasteiger partial charge >= 0.3 is 5.97 Å². The highest BCUT2D eigenvalue weighted by Crippen LogP contribution is 2.22. The number of carboxylic acid groups (broad SMARTS) is 1. The second-order valence-corrected chi connectivity index (χ2v) is 6.14. The van der Waals surface area contributed by atoms with Crippen LogP contribution in [0.2, 0.25) is 0 Å². The van der Waals surface area contributed by atoms with E-state index in [1.165, 1.54) is 13.8 Å². The van der Waals surface area contributed by atoms with Crippen LogP contribution in [0.15, 0.2) is 35.2 Å². The normalized spacial score (nSPS) is 11.3. The van der Waals surface area contributed by atoms with Crippen LogP contribution >= 0.6 is 0 Å². The van der Waals surface area contributed by atoms with Gasteiger partial charge < -0.3 is 5.11 Å². The molecule has 1 aromatic carbocycles. The van der Waals surface area contributed by atoms with Crippen LogP contribution < -0.4 is 4.72 Å². The Hall–Kier alpha value is -2.35. The van der Waals surface area contributed by atoms with E-state index in [1.807, 2.05) is 0 Å². The number of para-hydroxylation sites is 1. The molecule has 8 heteroatoms. The first-order valence-electron chi connectivity index (χ1n) is 6.15. The number of carbonyl (C=O) groups is 1. The zero-order chi connectivity index (χ0) is 15.6. The lowest BCUT2D eigenvalue weighted by Crippen LogP contribution is -2.16. The maximum atomic E-state index is 12.4. The molecule has 0 fully saturated rings. The summed E-state index contributed by atoms with van der Waals surface area (Å²) in [6, 6.07) is 8.46. The predicted molar refractivity (Wildman–Crippen MR) is 76.6 cm³/mol. The van der Waals surface area contributed by atoms with Gasteiger partial charge in [-0.3, -0.25) is 14.2 Å². The number of benzene rings is 1. The fraction of sp³-hybridized carbons (Fsp3) is 0.231. The topological polar surface area (TPSA) is 101 Å². The Labute approximate surface area is 122 Å². The Morgan fingerprint density at radius 3 is 2.48 bits per heavy atom. The molecule has 0 aliphatic heterocycles. The van der Waals surface area contributed by atoms with Crippen LogP contribution in [-0.2, 0) is 21.4 Å². The largest absolute Gasteiger partial charge is 0.480 e. The molecular weight excluding hydrogens is 294 g/mol. The minimum Gasteiger partial charge on any atom is -0.480 e. The summed E-state index contributed by atoms with van der Waals surface area (Å²) in [5, 5.41) is 12.8. The van der Waals surface area contributed by atoms with Crippen molar-refractivity contribution in [1.29, 1.82) is 0 Å². The average molecular weight is 309 g/mol. The zero-order valence-corrected chi connectivity index (χ0v) is 12.4. The smallest absolute Gasteiger partial charge is 0.325 e. The van der Waals surface area contributed by atoms with Crippen LogP contribution in [0, 0.1) is 13.8 Å². The number of nitrogens with one attached hydrogen (secondary N) is 1. The molecule has 112 valence electrons. The van der Waals surface area contributed by atoms with Gasteiger partial charge in [0.2, 0.25) is 0 Å². The van der Waals surface area contributed by atoms with Crippen molar-refractivity contribution in [2.24, 2.45) is 0 Å². The van der Waals surface area contributed by atoms with Gasteiger partial charge in [-0.25, -0.2) is 8.42 Å². The second kappa shape index (κ2) is 5.57. The number of hydrogen-bond acceptors (Lipinski definition) is 4. The molecule has 21 heavy (non-hydrogen) atoms. The number of aryl methyl sites for hydroxylation is 1. The molecular formula is C13H15N3O4S. The fourth-order valence-corrected chi connectivity index (χ4v) is 3.54. The summed E-state index contributed by atoms with van der Waals surface area (Å²) in [5.74, 6) is -1.08. The Bertz CT molecular complexity index is 766. The SMILES string of the molecule is Cc1nn(CC(=O)O)c(C)c1S(=O)(=O)Nc1ccccc1. The van der Waals surface area contributed by atoms with Crippen molar-refractivity contribution >= 4 is 21.7 Å². The van der Waals surface area contributed by atoms with Gasteiger partial charge in [-0.2, -0.15) is 5.10 Å². The molecule has 7 nitrogen and oxygen atoms in total. The first-order valence-corrected chi connectivity index (χ1v) is 7.63. The molecule has 0 saturated heterocycles. The molecule has 0 unspecified atom stereocenters. The van der Waals surface area contributed by atoms with Crippen LogP contribution in [0.25, 0.3) is 0 Å². The molecule has 0 aliphatic rings. The Balaban J connectivity index is 2.41. The summed E-state index contributed by atoms with van der Waals surface area (Å²) in [4.78, 5) is 10.8. The fourth-order valence-electron chi connectivity index (χ4n) is 2.06. The van der Waals surface area contributed by atoms with E-state index in [2.05, 4.69) is 9.82 Å². The minimum atomic E-state index is -3.82. The molecule has 0 radical (unpaired) electrons. The van der Waals surface area contributed by atoms with Crippen molar-refractivity contribution in [3.05, 3.63) is 41.7 Å². The number of aliphatic carboxylic acids is 1. The van der Waals surface area contributed by atoms with Gasteiger partial charge in [-0.1, -0.05) is 18.2 Å². The van der Waals surface area contributed by atoms with Crippen molar-refractivity contribution in [2.45, 2.75) is 25.3 Å². The van der Waals surface area contributed by atoms with Crippen LogP contribution in [0.3, 0.4) is 0 Å². The lowest BCUT2D eigenvalue weighted by atomic mass is 10.3. The number of hydrogen-bond donors (Lipinski definition) is 2. The maximum absolute atomic E-state index is 12.4. The van der Waals surface area contributed by atoms with Crippen LogP contribution in [0.1, 0.15) is 11.4 Å². The van der Waals surface area contributed by atoms with Crippen molar-refractivity contribution in [1.82, 2.24) is 9.78 Å². The third kappa shape index (κ3) is 3.22. The molecule has 1 heterocycles. The van der Waals surface area contributed by atoms with E-state index in [9.17, 15) is 13.2 Å². The van der Waals surface area contributed by atoms with Crippen LogP contribution in [-0.4, -0.2) is 29.3 Å². The van der Waals surface area contributed by atoms with E-state index < -0.39 is 16.0 Å². The van der Waals surface area contributed by atoms with Crippen molar-refractivity contribution in [3.8, 4) is 0 Å². The standard InChI is InChI=1S/C13H15N3O4S/c1-9-13(10(2)16(14-9)8-12(17)18)21(19,20)15-11-6-4-3-5-7-11/h3-7,15H,8H2,1-2H3,(H,17,18). The van der Waals surface area contributed by atoms with Crippen LogP contribution in [0.4, 0.5) is 5.69 Å². The summed E-state index contributed by atoms with van der Waals surface area (Å²) in [6.07, 6.45) is 0. The number of anilines is 1. The van der Waals surface area contributed by atoms with Crippen molar-refractivity contribution in [2.75, 3.05) is 4.72 Å². The summed E-state index contributed by atoms with van der Waals surface area (Å²) < 4.78 is 28.5. The Morgan fingerprint density at radius 2 is 1.90 bits per heavy atom. The van der Waals surface area contributed by atoms with Gasteiger partial charge in [0.1, 0.15) is 11.4 Å². The molecule has 0 saturated carbocycles. The number of sulfonamides is 1. The zero-order valence-electron chi connectivity index (χ0n) is 11.6. The Kier molecular flexibility index (Phi) is 3.99. The summed E-state index contributed by atoms with van der Waals surface area (Å²) in [7, 11) is -3.82. The maximum Gasteiger partial charge on any atom is 0.325 e. The molecule has 1 aromatic heterocycles. The van der Waals surface area contributed by atoms with Gasteiger partial charge in [-0.05, 0) is 26.0 Å². The average Bonchev–Trinajstić information content (AvgIpc) is 2.64. The molecule has 2 aromatic rings. The lowest BCUT2D eigenvalue weighted by molar-refractivity contribution is -0.137. The number of aromatic nitrogens is 2. The third-order valence-corrected chi connectivity index (χ3v) is 4.53. The predicted octanol–water partition coefficient (Wildman–Crippen LogP) is 1.39. The third-order valence-electron chi connectivity index (χ3n) is 2.89. The Morgan fingerprint density at radius 1 is 1.29 bits per heavy atom. The molecule has 2 rings (SSSR count). The summed E-state index contributed by atoms with van der Waals surface area (Å²) >= 11 is 0. The highest BCUT2D eigenvalue weighted by Gasteiger charge is 2.25. The molecule has 0 spiro atoms. The van der Waals surface area contributed by atoms with E-state index in [-0.39, 0.29) is 17.1 Å². The van der Waals surface area contributed by atoms with E-state index in [1.54, 1.807) is 30.3 Å². The van der Waals surface area contributed by atoms with Gasteiger partial charge in [0, 0.05) is 5.69 Å².